The van der Waals surface area contributed by atoms with Crippen molar-refractivity contribution in [1.29, 1.82) is 0 Å². The fraction of sp³-hybridized carbons (Fsp3) is 0.562. The lowest BCUT2D eigenvalue weighted by Crippen LogP contribution is -2.27. The molecule has 1 aromatic rings. The van der Waals surface area contributed by atoms with Crippen LogP contribution in [0.2, 0.25) is 0 Å². The lowest BCUT2D eigenvalue weighted by Gasteiger charge is -2.22. The van der Waals surface area contributed by atoms with E-state index >= 15 is 0 Å². The molecule has 0 amide bonds. The monoisotopic (exact) mass is 273 g/mol. The molecule has 108 valence electrons. The van der Waals surface area contributed by atoms with Crippen molar-refractivity contribution >= 4 is 5.84 Å². The number of hydrogen-bond acceptors (Lipinski definition) is 3. The first kappa shape index (κ1) is 13.4. The van der Waals surface area contributed by atoms with E-state index in [-0.39, 0.29) is 5.84 Å². The van der Waals surface area contributed by atoms with Crippen LogP contribution in [0, 0.1) is 11.8 Å². The molecule has 3 rings (SSSR count). The van der Waals surface area contributed by atoms with Crippen molar-refractivity contribution in [1.82, 2.24) is 4.90 Å². The smallest absolute Gasteiger partial charge is 0.170 e. The van der Waals surface area contributed by atoms with Crippen LogP contribution in [0.25, 0.3) is 0 Å². The van der Waals surface area contributed by atoms with E-state index in [1.165, 1.54) is 44.3 Å². The van der Waals surface area contributed by atoms with Crippen molar-refractivity contribution in [3.63, 3.8) is 0 Å². The maximum Gasteiger partial charge on any atom is 0.170 e. The fourth-order valence-corrected chi connectivity index (χ4v) is 2.63. The molecule has 0 heterocycles. The first-order valence-electron chi connectivity index (χ1n) is 7.54. The molecular formula is C16H23N3O. The number of hydrogen-bond donors (Lipinski definition) is 2. The largest absolute Gasteiger partial charge is 0.409 e. The van der Waals surface area contributed by atoms with E-state index in [9.17, 15) is 0 Å². The maximum absolute atomic E-state index is 8.67. The van der Waals surface area contributed by atoms with Crippen LogP contribution in [0.15, 0.2) is 29.4 Å². The molecule has 0 aliphatic heterocycles. The molecule has 2 aliphatic carbocycles. The minimum Gasteiger partial charge on any atom is -0.409 e. The van der Waals surface area contributed by atoms with Crippen molar-refractivity contribution < 1.29 is 5.21 Å². The highest BCUT2D eigenvalue weighted by Crippen LogP contribution is 2.34. The molecule has 0 unspecified atom stereocenters. The van der Waals surface area contributed by atoms with E-state index in [1.807, 2.05) is 12.1 Å². The molecule has 0 spiro atoms. The van der Waals surface area contributed by atoms with Gasteiger partial charge in [-0.3, -0.25) is 4.90 Å². The Morgan fingerprint density at radius 3 is 2.10 bits per heavy atom. The fourth-order valence-electron chi connectivity index (χ4n) is 2.63. The van der Waals surface area contributed by atoms with E-state index in [4.69, 9.17) is 10.9 Å². The average Bonchev–Trinajstić information content (AvgIpc) is 3.35. The number of amidine groups is 1. The Hall–Kier alpha value is -1.55. The quantitative estimate of drug-likeness (QED) is 0.347. The van der Waals surface area contributed by atoms with Gasteiger partial charge in [-0.2, -0.15) is 0 Å². The zero-order valence-electron chi connectivity index (χ0n) is 11.8. The minimum absolute atomic E-state index is 0.171. The van der Waals surface area contributed by atoms with Crippen molar-refractivity contribution in [2.75, 3.05) is 13.1 Å². The Labute approximate surface area is 120 Å². The zero-order chi connectivity index (χ0) is 13.9. The summed E-state index contributed by atoms with van der Waals surface area (Å²) in [6.07, 6.45) is 5.63. The summed E-state index contributed by atoms with van der Waals surface area (Å²) < 4.78 is 0. The Bertz CT molecular complexity index is 461. The van der Waals surface area contributed by atoms with Gasteiger partial charge in [0.15, 0.2) is 5.84 Å². The van der Waals surface area contributed by atoms with Gasteiger partial charge in [0.25, 0.3) is 0 Å². The molecule has 1 aromatic carbocycles. The normalized spacial score (nSPS) is 19.6. The van der Waals surface area contributed by atoms with Gasteiger partial charge in [-0.1, -0.05) is 29.4 Å². The summed E-state index contributed by atoms with van der Waals surface area (Å²) in [4.78, 5) is 2.60. The van der Waals surface area contributed by atoms with Gasteiger partial charge < -0.3 is 10.9 Å². The molecule has 2 fully saturated rings. The summed E-state index contributed by atoms with van der Waals surface area (Å²) in [6, 6.07) is 8.02. The third kappa shape index (κ3) is 3.73. The Morgan fingerprint density at radius 2 is 1.65 bits per heavy atom. The lowest BCUT2D eigenvalue weighted by molar-refractivity contribution is 0.244. The summed E-state index contributed by atoms with van der Waals surface area (Å²) in [6.45, 7) is 3.51. The molecule has 0 radical (unpaired) electrons. The molecule has 3 N–H and O–H groups in total. The van der Waals surface area contributed by atoms with Crippen LogP contribution in [0.4, 0.5) is 0 Å². The highest BCUT2D eigenvalue weighted by molar-refractivity contribution is 5.96. The van der Waals surface area contributed by atoms with Gasteiger partial charge in [0.1, 0.15) is 0 Å². The summed E-state index contributed by atoms with van der Waals surface area (Å²) in [5.41, 5.74) is 7.66. The maximum atomic E-state index is 8.67. The Balaban J connectivity index is 1.61. The van der Waals surface area contributed by atoms with Crippen LogP contribution in [0.3, 0.4) is 0 Å². The van der Waals surface area contributed by atoms with Gasteiger partial charge in [-0.15, -0.1) is 0 Å². The van der Waals surface area contributed by atoms with E-state index in [2.05, 4.69) is 22.2 Å². The van der Waals surface area contributed by atoms with Gasteiger partial charge in [-0.25, -0.2) is 0 Å². The summed E-state index contributed by atoms with van der Waals surface area (Å²) >= 11 is 0. The number of oxime groups is 1. The van der Waals surface area contributed by atoms with Gasteiger partial charge in [0.2, 0.25) is 0 Å². The number of benzene rings is 1. The van der Waals surface area contributed by atoms with Gasteiger partial charge in [0.05, 0.1) is 0 Å². The molecule has 0 atom stereocenters. The van der Waals surface area contributed by atoms with Crippen LogP contribution in [-0.2, 0) is 6.54 Å². The Morgan fingerprint density at radius 1 is 1.10 bits per heavy atom. The molecule has 4 heteroatoms. The number of nitrogens with two attached hydrogens (primary N) is 1. The predicted molar refractivity (Wildman–Crippen MR) is 79.7 cm³/mol. The first-order chi connectivity index (χ1) is 9.74. The zero-order valence-corrected chi connectivity index (χ0v) is 11.8. The molecule has 2 aliphatic rings. The van der Waals surface area contributed by atoms with Crippen LogP contribution in [0.1, 0.15) is 36.8 Å². The number of rotatable bonds is 7. The van der Waals surface area contributed by atoms with E-state index < -0.39 is 0 Å². The van der Waals surface area contributed by atoms with Crippen LogP contribution < -0.4 is 5.73 Å². The molecule has 20 heavy (non-hydrogen) atoms. The SMILES string of the molecule is NC(=NO)c1ccc(CN(CC2CC2)CC2CC2)cc1. The Kier molecular flexibility index (Phi) is 3.92. The van der Waals surface area contributed by atoms with Gasteiger partial charge >= 0.3 is 0 Å². The third-order valence-corrected chi connectivity index (χ3v) is 4.19. The van der Waals surface area contributed by atoms with E-state index in [1.54, 1.807) is 0 Å². The molecule has 0 saturated heterocycles. The molecule has 4 nitrogen and oxygen atoms in total. The second kappa shape index (κ2) is 5.83. The highest BCUT2D eigenvalue weighted by atomic mass is 16.4. The first-order valence-corrected chi connectivity index (χ1v) is 7.54. The van der Waals surface area contributed by atoms with E-state index in [0.29, 0.717) is 0 Å². The summed E-state index contributed by atoms with van der Waals surface area (Å²) in [5.74, 6) is 2.04. The van der Waals surface area contributed by atoms with Crippen molar-refractivity contribution in [3.8, 4) is 0 Å². The molecule has 2 saturated carbocycles. The second-order valence-corrected chi connectivity index (χ2v) is 6.26. The standard InChI is InChI=1S/C16H23N3O/c17-16(18-20)15-7-5-14(6-8-15)11-19(9-12-1-2-12)10-13-3-4-13/h5-8,12-13,20H,1-4,9-11H2,(H2,17,18). The second-order valence-electron chi connectivity index (χ2n) is 6.26. The molecular weight excluding hydrogens is 250 g/mol. The van der Waals surface area contributed by atoms with Crippen LogP contribution in [0.5, 0.6) is 0 Å². The lowest BCUT2D eigenvalue weighted by atomic mass is 10.1. The van der Waals surface area contributed by atoms with Crippen molar-refractivity contribution in [3.05, 3.63) is 35.4 Å². The molecule has 0 aromatic heterocycles. The molecule has 0 bridgehead atoms. The predicted octanol–water partition coefficient (Wildman–Crippen LogP) is 2.40. The summed E-state index contributed by atoms with van der Waals surface area (Å²) in [7, 11) is 0. The topological polar surface area (TPSA) is 61.9 Å². The van der Waals surface area contributed by atoms with Crippen LogP contribution >= 0.6 is 0 Å². The van der Waals surface area contributed by atoms with Crippen molar-refractivity contribution in [2.24, 2.45) is 22.7 Å². The van der Waals surface area contributed by atoms with Crippen molar-refractivity contribution in [2.45, 2.75) is 32.2 Å². The highest BCUT2D eigenvalue weighted by Gasteiger charge is 2.29. The van der Waals surface area contributed by atoms with Gasteiger partial charge in [0, 0.05) is 25.2 Å². The minimum atomic E-state index is 0.171. The van der Waals surface area contributed by atoms with Crippen LogP contribution in [-0.4, -0.2) is 29.0 Å². The summed E-state index contributed by atoms with van der Waals surface area (Å²) in [5, 5.41) is 11.7. The van der Waals surface area contributed by atoms with E-state index in [0.717, 1.165) is 23.9 Å². The number of nitrogens with zero attached hydrogens (tertiary/aromatic N) is 2. The third-order valence-electron chi connectivity index (χ3n) is 4.19. The average molecular weight is 273 g/mol. The van der Waals surface area contributed by atoms with Gasteiger partial charge in [-0.05, 0) is 43.1 Å².